The molecule has 0 bridgehead atoms. The number of aryl methyl sites for hydroxylation is 1. The Balaban J connectivity index is 2.30. The number of amides is 1. The summed E-state index contributed by atoms with van der Waals surface area (Å²) in [7, 11) is 0. The van der Waals surface area contributed by atoms with Gasteiger partial charge in [0.25, 0.3) is 5.91 Å². The van der Waals surface area contributed by atoms with E-state index in [9.17, 15) is 14.7 Å². The van der Waals surface area contributed by atoms with Crippen LogP contribution in [-0.2, 0) is 0 Å². The molecule has 1 aromatic carbocycles. The minimum absolute atomic E-state index is 0.00520. The summed E-state index contributed by atoms with van der Waals surface area (Å²) >= 11 is 11.5. The molecule has 0 unspecified atom stereocenters. The fraction of sp³-hybridized carbons (Fsp3) is 0.0769. The van der Waals surface area contributed by atoms with Gasteiger partial charge >= 0.3 is 0 Å². The molecule has 1 amide bonds. The van der Waals surface area contributed by atoms with Crippen molar-refractivity contribution in [1.29, 1.82) is 0 Å². The molecule has 3 N–H and O–H groups in total. The Kier molecular flexibility index (Phi) is 4.01. The molecule has 2 aromatic rings. The van der Waals surface area contributed by atoms with Crippen molar-refractivity contribution in [3.63, 3.8) is 0 Å². The molecular formula is C13H10Cl2N2O3. The van der Waals surface area contributed by atoms with Crippen LogP contribution in [0.5, 0.6) is 5.75 Å². The maximum Gasteiger partial charge on any atom is 0.261 e. The summed E-state index contributed by atoms with van der Waals surface area (Å²) in [4.78, 5) is 26.4. The molecule has 20 heavy (non-hydrogen) atoms. The smallest absolute Gasteiger partial charge is 0.261 e. The van der Waals surface area contributed by atoms with Crippen LogP contribution >= 0.6 is 23.2 Å². The van der Waals surface area contributed by atoms with Gasteiger partial charge in [0, 0.05) is 23.6 Å². The number of aromatic hydroxyl groups is 1. The van der Waals surface area contributed by atoms with Gasteiger partial charge < -0.3 is 15.4 Å². The van der Waals surface area contributed by atoms with Gasteiger partial charge in [0.1, 0.15) is 5.56 Å². The molecular weight excluding hydrogens is 303 g/mol. The van der Waals surface area contributed by atoms with Crippen LogP contribution in [-0.4, -0.2) is 16.0 Å². The van der Waals surface area contributed by atoms with Crippen LogP contribution in [0.1, 0.15) is 16.1 Å². The van der Waals surface area contributed by atoms with Crippen molar-refractivity contribution in [2.24, 2.45) is 0 Å². The Bertz CT molecular complexity index is 718. The van der Waals surface area contributed by atoms with Crippen LogP contribution in [0.25, 0.3) is 0 Å². The first-order chi connectivity index (χ1) is 9.38. The molecule has 2 rings (SSSR count). The summed E-state index contributed by atoms with van der Waals surface area (Å²) < 4.78 is 0. The molecule has 0 saturated heterocycles. The lowest BCUT2D eigenvalue weighted by molar-refractivity contribution is 0.102. The number of phenolic OH excluding ortho intramolecular Hbond substituents is 1. The molecule has 1 aromatic heterocycles. The van der Waals surface area contributed by atoms with Crippen LogP contribution in [0.4, 0.5) is 5.69 Å². The fourth-order valence-corrected chi connectivity index (χ4v) is 2.07. The predicted molar refractivity (Wildman–Crippen MR) is 77.9 cm³/mol. The fourth-order valence-electron chi connectivity index (χ4n) is 1.59. The van der Waals surface area contributed by atoms with E-state index in [1.54, 1.807) is 6.92 Å². The highest BCUT2D eigenvalue weighted by Gasteiger charge is 2.13. The van der Waals surface area contributed by atoms with Crippen LogP contribution in [0, 0.1) is 6.92 Å². The average Bonchev–Trinajstić information content (AvgIpc) is 2.35. The van der Waals surface area contributed by atoms with E-state index in [0.29, 0.717) is 5.69 Å². The van der Waals surface area contributed by atoms with E-state index >= 15 is 0 Å². The average molecular weight is 313 g/mol. The van der Waals surface area contributed by atoms with E-state index in [1.165, 1.54) is 24.4 Å². The number of aromatic amines is 1. The normalized spacial score (nSPS) is 10.3. The summed E-state index contributed by atoms with van der Waals surface area (Å²) in [5, 5.41) is 11.9. The van der Waals surface area contributed by atoms with Gasteiger partial charge in [-0.3, -0.25) is 9.59 Å². The van der Waals surface area contributed by atoms with Gasteiger partial charge in [-0.25, -0.2) is 0 Å². The molecule has 0 spiro atoms. The topological polar surface area (TPSA) is 82.2 Å². The highest BCUT2D eigenvalue weighted by molar-refractivity contribution is 6.37. The van der Waals surface area contributed by atoms with Gasteiger partial charge in [0.2, 0.25) is 0 Å². The van der Waals surface area contributed by atoms with Crippen LogP contribution in [0.15, 0.2) is 29.2 Å². The second kappa shape index (κ2) is 5.56. The van der Waals surface area contributed by atoms with Gasteiger partial charge in [-0.2, -0.15) is 0 Å². The van der Waals surface area contributed by atoms with Crippen molar-refractivity contribution in [2.45, 2.75) is 6.92 Å². The maximum absolute atomic E-state index is 12.0. The Labute approximate surface area is 124 Å². The number of carbonyl (C=O) groups excluding carboxylic acids is 1. The van der Waals surface area contributed by atoms with E-state index in [2.05, 4.69) is 10.3 Å². The number of phenols is 1. The van der Waals surface area contributed by atoms with Crippen LogP contribution in [0.3, 0.4) is 0 Å². The van der Waals surface area contributed by atoms with Gasteiger partial charge in [0.15, 0.2) is 11.2 Å². The van der Waals surface area contributed by atoms with E-state index in [4.69, 9.17) is 23.2 Å². The highest BCUT2D eigenvalue weighted by atomic mass is 35.5. The number of hydrogen-bond donors (Lipinski definition) is 3. The number of rotatable bonds is 2. The minimum Gasteiger partial charge on any atom is -0.505 e. The zero-order valence-electron chi connectivity index (χ0n) is 10.3. The second-order valence-electron chi connectivity index (χ2n) is 4.14. The van der Waals surface area contributed by atoms with E-state index < -0.39 is 11.3 Å². The van der Waals surface area contributed by atoms with Gasteiger partial charge in [0.05, 0.1) is 10.0 Å². The first kappa shape index (κ1) is 14.4. The Hall–Kier alpha value is -1.98. The van der Waals surface area contributed by atoms with Crippen molar-refractivity contribution in [3.05, 3.63) is 55.9 Å². The van der Waals surface area contributed by atoms with E-state index in [-0.39, 0.29) is 27.0 Å². The number of halogens is 2. The SMILES string of the molecule is Cc1cc(=O)c(C(=O)Nc2cc(Cl)c(O)c(Cl)c2)c[nH]1. The second-order valence-corrected chi connectivity index (χ2v) is 4.95. The quantitative estimate of drug-likeness (QED) is 0.746. The van der Waals surface area contributed by atoms with Gasteiger partial charge in [-0.1, -0.05) is 23.2 Å². The predicted octanol–water partition coefficient (Wildman–Crippen LogP) is 2.95. The summed E-state index contributed by atoms with van der Waals surface area (Å²) in [5.41, 5.74) is 0.510. The zero-order chi connectivity index (χ0) is 14.9. The number of benzene rings is 1. The molecule has 7 heteroatoms. The summed E-state index contributed by atoms with van der Waals surface area (Å²) in [6.07, 6.45) is 1.33. The first-order valence-corrected chi connectivity index (χ1v) is 6.33. The van der Waals surface area contributed by atoms with Crippen molar-refractivity contribution < 1.29 is 9.90 Å². The molecule has 0 aliphatic rings. The third-order valence-corrected chi connectivity index (χ3v) is 3.15. The van der Waals surface area contributed by atoms with Crippen LogP contribution < -0.4 is 10.7 Å². The Morgan fingerprint density at radius 2 is 1.85 bits per heavy atom. The first-order valence-electron chi connectivity index (χ1n) is 5.57. The van der Waals surface area contributed by atoms with Gasteiger partial charge in [-0.15, -0.1) is 0 Å². The van der Waals surface area contributed by atoms with Crippen molar-refractivity contribution in [1.82, 2.24) is 4.98 Å². The maximum atomic E-state index is 12.0. The molecule has 0 atom stereocenters. The Morgan fingerprint density at radius 1 is 1.25 bits per heavy atom. The van der Waals surface area contributed by atoms with Crippen molar-refractivity contribution >= 4 is 34.8 Å². The lowest BCUT2D eigenvalue weighted by Crippen LogP contribution is -2.21. The minimum atomic E-state index is -0.593. The lowest BCUT2D eigenvalue weighted by Gasteiger charge is -2.07. The summed E-state index contributed by atoms with van der Waals surface area (Å²) in [6, 6.07) is 4.00. The monoisotopic (exact) mass is 312 g/mol. The molecule has 0 aliphatic heterocycles. The molecule has 0 saturated carbocycles. The third kappa shape index (κ3) is 2.95. The summed E-state index contributed by atoms with van der Waals surface area (Å²) in [5.74, 6) is -0.858. The molecule has 0 fully saturated rings. The molecule has 104 valence electrons. The number of hydrogen-bond acceptors (Lipinski definition) is 3. The number of H-pyrrole nitrogens is 1. The van der Waals surface area contributed by atoms with E-state index in [0.717, 1.165) is 0 Å². The molecule has 0 radical (unpaired) electrons. The number of aromatic nitrogens is 1. The van der Waals surface area contributed by atoms with Crippen molar-refractivity contribution in [2.75, 3.05) is 5.32 Å². The molecule has 5 nitrogen and oxygen atoms in total. The summed E-state index contributed by atoms with van der Waals surface area (Å²) in [6.45, 7) is 1.71. The number of anilines is 1. The third-order valence-electron chi connectivity index (χ3n) is 2.58. The van der Waals surface area contributed by atoms with Crippen LogP contribution in [0.2, 0.25) is 10.0 Å². The lowest BCUT2D eigenvalue weighted by atomic mass is 10.2. The van der Waals surface area contributed by atoms with Crippen molar-refractivity contribution in [3.8, 4) is 5.75 Å². The largest absolute Gasteiger partial charge is 0.505 e. The molecule has 0 aliphatic carbocycles. The standard InChI is InChI=1S/C13H10Cl2N2O3/c1-6-2-11(18)8(5-16-6)13(20)17-7-3-9(14)12(19)10(15)4-7/h2-5,19H,1H3,(H,16,18)(H,17,20). The number of nitrogens with one attached hydrogen (secondary N) is 2. The number of pyridine rings is 1. The highest BCUT2D eigenvalue weighted by Crippen LogP contribution is 2.34. The number of carbonyl (C=O) groups is 1. The zero-order valence-corrected chi connectivity index (χ0v) is 11.8. The Morgan fingerprint density at radius 3 is 2.40 bits per heavy atom. The van der Waals surface area contributed by atoms with Gasteiger partial charge in [-0.05, 0) is 19.1 Å². The van der Waals surface area contributed by atoms with E-state index in [1.807, 2.05) is 0 Å². The molecule has 1 heterocycles.